The number of nitrogens with zero attached hydrogens (tertiary/aromatic N) is 1. The molecule has 3 heterocycles. The van der Waals surface area contributed by atoms with Crippen molar-refractivity contribution in [2.75, 3.05) is 13.2 Å². The van der Waals surface area contributed by atoms with Crippen LogP contribution >= 0.6 is 11.6 Å². The lowest BCUT2D eigenvalue weighted by Crippen LogP contribution is -2.53. The Balaban J connectivity index is 1.64. The second-order valence-electron chi connectivity index (χ2n) is 9.89. The van der Waals surface area contributed by atoms with E-state index < -0.39 is 46.9 Å². The number of alkyl halides is 3. The lowest BCUT2D eigenvalue weighted by molar-refractivity contribution is -0.186. The van der Waals surface area contributed by atoms with E-state index in [2.05, 4.69) is 15.3 Å². The van der Waals surface area contributed by atoms with Crippen molar-refractivity contribution in [2.45, 2.75) is 23.9 Å². The van der Waals surface area contributed by atoms with Gasteiger partial charge < -0.3 is 25.6 Å². The molecular weight excluding hydrogens is 568 g/mol. The van der Waals surface area contributed by atoms with Gasteiger partial charge in [-0.3, -0.25) is 9.59 Å². The average Bonchev–Trinajstić information content (AvgIpc) is 3.50. The number of halogens is 5. The van der Waals surface area contributed by atoms with E-state index in [1.807, 2.05) is 0 Å². The fraction of sp³-hybridized carbons (Fsp3) is 0.214. The quantitative estimate of drug-likeness (QED) is 0.215. The first-order valence-electron chi connectivity index (χ1n) is 12.1. The van der Waals surface area contributed by atoms with Gasteiger partial charge in [0.25, 0.3) is 5.91 Å². The van der Waals surface area contributed by atoms with Crippen molar-refractivity contribution in [1.82, 2.24) is 15.3 Å². The molecule has 13 heteroatoms. The van der Waals surface area contributed by atoms with E-state index in [-0.39, 0.29) is 41.0 Å². The standard InChI is InChI=1S/C28H21ClF4N4O4/c1-26(25(34)40)13-41-23-19(26)9-21(37-22(23)14-2-5-16(30)6-3-14)27(12-38,28(31,32)33)11-36-24(39)18-10-35-20-8-15(29)4-7-17(18)20/h2-10,12,35H,11,13H2,1H3,(H2,34,40)(H,36,39)/t26-,27-/m0/s1. The van der Waals surface area contributed by atoms with Crippen molar-refractivity contribution in [3.63, 3.8) is 0 Å². The predicted octanol–water partition coefficient (Wildman–Crippen LogP) is 4.59. The molecule has 2 aromatic carbocycles. The van der Waals surface area contributed by atoms with Crippen LogP contribution in [-0.4, -0.2) is 47.4 Å². The SMILES string of the molecule is C[C@]1(C(N)=O)COc2c1cc([C@@](C=O)(CNC(=O)c1c[nH]c3cc(Cl)ccc13)C(F)(F)F)nc2-c1ccc(F)cc1. The first kappa shape index (κ1) is 28.1. The van der Waals surface area contributed by atoms with Crippen LogP contribution in [0.15, 0.2) is 54.7 Å². The van der Waals surface area contributed by atoms with E-state index in [0.29, 0.717) is 15.9 Å². The number of H-pyrrole nitrogens is 1. The fourth-order valence-electron chi connectivity index (χ4n) is 4.73. The van der Waals surface area contributed by atoms with Crippen LogP contribution in [0, 0.1) is 5.82 Å². The Morgan fingerprint density at radius 2 is 1.90 bits per heavy atom. The topological polar surface area (TPSA) is 127 Å². The fourth-order valence-corrected chi connectivity index (χ4v) is 4.90. The number of carbonyl (C=O) groups excluding carboxylic acids is 3. The molecule has 2 amide bonds. The molecule has 1 aliphatic heterocycles. The molecule has 5 rings (SSSR count). The van der Waals surface area contributed by atoms with E-state index in [4.69, 9.17) is 22.1 Å². The summed E-state index contributed by atoms with van der Waals surface area (Å²) in [4.78, 5) is 44.8. The summed E-state index contributed by atoms with van der Waals surface area (Å²) >= 11 is 5.96. The minimum atomic E-state index is -5.25. The minimum absolute atomic E-state index is 0.0230. The Morgan fingerprint density at radius 3 is 2.54 bits per heavy atom. The third kappa shape index (κ3) is 4.57. The molecule has 8 nitrogen and oxygen atoms in total. The van der Waals surface area contributed by atoms with Crippen molar-refractivity contribution in [1.29, 1.82) is 0 Å². The number of fused-ring (bicyclic) bond motifs is 2. The maximum absolute atomic E-state index is 14.8. The van der Waals surface area contributed by atoms with Gasteiger partial charge in [-0.1, -0.05) is 17.7 Å². The molecule has 0 saturated carbocycles. The van der Waals surface area contributed by atoms with Crippen LogP contribution < -0.4 is 15.8 Å². The number of aromatic nitrogens is 2. The molecule has 4 aromatic rings. The Bertz CT molecular complexity index is 1710. The van der Waals surface area contributed by atoms with E-state index in [1.165, 1.54) is 37.4 Å². The second kappa shape index (κ2) is 9.88. The highest BCUT2D eigenvalue weighted by Crippen LogP contribution is 2.48. The van der Waals surface area contributed by atoms with Crippen molar-refractivity contribution < 1.29 is 36.7 Å². The predicted molar refractivity (Wildman–Crippen MR) is 141 cm³/mol. The normalized spacial score (nSPS) is 17.9. The number of benzene rings is 2. The number of primary amides is 1. The van der Waals surface area contributed by atoms with Crippen LogP contribution in [-0.2, 0) is 20.4 Å². The molecule has 0 aliphatic carbocycles. The summed E-state index contributed by atoms with van der Waals surface area (Å²) < 4.78 is 63.8. The molecule has 0 unspecified atom stereocenters. The molecule has 2 atom stereocenters. The first-order chi connectivity index (χ1) is 19.3. The molecule has 4 N–H and O–H groups in total. The summed E-state index contributed by atoms with van der Waals surface area (Å²) in [5, 5.41) is 3.00. The van der Waals surface area contributed by atoms with Gasteiger partial charge in [0.15, 0.2) is 5.41 Å². The van der Waals surface area contributed by atoms with Crippen molar-refractivity contribution in [3.8, 4) is 17.0 Å². The third-order valence-corrected chi connectivity index (χ3v) is 7.55. The largest absolute Gasteiger partial charge is 0.489 e. The molecule has 41 heavy (non-hydrogen) atoms. The number of aldehydes is 1. The van der Waals surface area contributed by atoms with E-state index >= 15 is 0 Å². The molecule has 212 valence electrons. The van der Waals surface area contributed by atoms with Crippen molar-refractivity contribution >= 4 is 40.6 Å². The zero-order valence-electron chi connectivity index (χ0n) is 21.2. The Morgan fingerprint density at radius 1 is 1.20 bits per heavy atom. The Hall–Kier alpha value is -4.45. The van der Waals surface area contributed by atoms with Gasteiger partial charge in [0.1, 0.15) is 35.6 Å². The maximum Gasteiger partial charge on any atom is 0.408 e. The molecule has 1 aliphatic rings. The average molecular weight is 589 g/mol. The van der Waals surface area contributed by atoms with Crippen LogP contribution in [0.5, 0.6) is 5.75 Å². The lowest BCUT2D eigenvalue weighted by Gasteiger charge is -2.31. The monoisotopic (exact) mass is 588 g/mol. The summed E-state index contributed by atoms with van der Waals surface area (Å²) in [6, 6.07) is 10.2. The molecule has 0 bridgehead atoms. The summed E-state index contributed by atoms with van der Waals surface area (Å²) in [6.07, 6.45) is -4.29. The zero-order chi connectivity index (χ0) is 29.7. The summed E-state index contributed by atoms with van der Waals surface area (Å²) in [5.41, 5.74) is 0.386. The number of nitrogens with one attached hydrogen (secondary N) is 2. The van der Waals surface area contributed by atoms with Gasteiger partial charge >= 0.3 is 6.18 Å². The molecule has 2 aromatic heterocycles. The van der Waals surface area contributed by atoms with Crippen molar-refractivity contribution in [2.24, 2.45) is 5.73 Å². The van der Waals surface area contributed by atoms with Crippen LogP contribution in [0.3, 0.4) is 0 Å². The maximum atomic E-state index is 14.8. The highest BCUT2D eigenvalue weighted by atomic mass is 35.5. The molecule has 0 spiro atoms. The number of amides is 2. The molecule has 0 fully saturated rings. The summed E-state index contributed by atoms with van der Waals surface area (Å²) in [5.74, 6) is -2.40. The number of hydrogen-bond acceptors (Lipinski definition) is 5. The number of hydrogen-bond donors (Lipinski definition) is 3. The number of ether oxygens (including phenoxy) is 1. The van der Waals surface area contributed by atoms with Gasteiger partial charge in [0, 0.05) is 39.8 Å². The smallest absolute Gasteiger partial charge is 0.408 e. The molecule has 0 saturated heterocycles. The second-order valence-corrected chi connectivity index (χ2v) is 10.3. The number of pyridine rings is 1. The van der Waals surface area contributed by atoms with Crippen LogP contribution in [0.2, 0.25) is 5.02 Å². The van der Waals surface area contributed by atoms with Crippen LogP contribution in [0.4, 0.5) is 17.6 Å². The van der Waals surface area contributed by atoms with Gasteiger partial charge in [-0.15, -0.1) is 0 Å². The highest BCUT2D eigenvalue weighted by Gasteiger charge is 2.59. The van der Waals surface area contributed by atoms with E-state index in [1.54, 1.807) is 6.07 Å². The van der Waals surface area contributed by atoms with Crippen LogP contribution in [0.1, 0.15) is 28.5 Å². The lowest BCUT2D eigenvalue weighted by atomic mass is 9.78. The first-order valence-corrected chi connectivity index (χ1v) is 12.5. The highest BCUT2D eigenvalue weighted by molar-refractivity contribution is 6.31. The van der Waals surface area contributed by atoms with E-state index in [0.717, 1.165) is 18.2 Å². The third-order valence-electron chi connectivity index (χ3n) is 7.31. The Labute approximate surface area is 234 Å². The van der Waals surface area contributed by atoms with Crippen LogP contribution in [0.25, 0.3) is 22.2 Å². The number of rotatable bonds is 7. The van der Waals surface area contributed by atoms with Gasteiger partial charge in [0.05, 0.1) is 11.3 Å². The van der Waals surface area contributed by atoms with Gasteiger partial charge in [-0.25, -0.2) is 9.37 Å². The Kier molecular flexibility index (Phi) is 6.77. The summed E-state index contributed by atoms with van der Waals surface area (Å²) in [7, 11) is 0. The molecular formula is C28H21ClF4N4O4. The van der Waals surface area contributed by atoms with Crippen molar-refractivity contribution in [3.05, 3.63) is 82.4 Å². The number of nitrogens with two attached hydrogens (primary N) is 1. The molecule has 0 radical (unpaired) electrons. The van der Waals surface area contributed by atoms with Gasteiger partial charge in [-0.05, 0) is 49.4 Å². The minimum Gasteiger partial charge on any atom is -0.489 e. The number of carbonyl (C=O) groups is 3. The van der Waals surface area contributed by atoms with Gasteiger partial charge in [-0.2, -0.15) is 13.2 Å². The zero-order valence-corrected chi connectivity index (χ0v) is 22.0. The summed E-state index contributed by atoms with van der Waals surface area (Å²) in [6.45, 7) is -0.124. The van der Waals surface area contributed by atoms with E-state index in [9.17, 15) is 31.9 Å². The number of aromatic amines is 1. The van der Waals surface area contributed by atoms with Gasteiger partial charge in [0.2, 0.25) is 5.91 Å².